The van der Waals surface area contributed by atoms with Crippen molar-refractivity contribution in [1.29, 1.82) is 0 Å². The molecule has 0 aliphatic heterocycles. The summed E-state index contributed by atoms with van der Waals surface area (Å²) in [4.78, 5) is 12.6. The van der Waals surface area contributed by atoms with Crippen LogP contribution in [0.25, 0.3) is 0 Å². The molecule has 2 rings (SSSR count). The Balaban J connectivity index is 1.93. The summed E-state index contributed by atoms with van der Waals surface area (Å²) in [5.74, 6) is 0.514. The van der Waals surface area contributed by atoms with Crippen LogP contribution in [0.3, 0.4) is 0 Å². The van der Waals surface area contributed by atoms with E-state index in [0.29, 0.717) is 12.2 Å². The van der Waals surface area contributed by atoms with Crippen LogP contribution in [-0.2, 0) is 21.2 Å². The Bertz CT molecular complexity index is 940. The van der Waals surface area contributed by atoms with Gasteiger partial charge < -0.3 is 10.1 Å². The molecule has 0 heterocycles. The largest absolute Gasteiger partial charge is 0.491 e. The van der Waals surface area contributed by atoms with Crippen LogP contribution < -0.4 is 14.4 Å². The van der Waals surface area contributed by atoms with E-state index in [-0.39, 0.29) is 12.0 Å². The van der Waals surface area contributed by atoms with Gasteiger partial charge in [-0.05, 0) is 70.4 Å². The number of carbonyl (C=O) groups is 1. The third kappa shape index (κ3) is 7.06. The van der Waals surface area contributed by atoms with Crippen molar-refractivity contribution in [2.75, 3.05) is 17.1 Å². The topological polar surface area (TPSA) is 75.7 Å². The fourth-order valence-electron chi connectivity index (χ4n) is 3.20. The zero-order chi connectivity index (χ0) is 22.3. The molecule has 6 nitrogen and oxygen atoms in total. The quantitative estimate of drug-likeness (QED) is 0.581. The van der Waals surface area contributed by atoms with Crippen LogP contribution >= 0.6 is 0 Å². The second kappa shape index (κ2) is 10.5. The molecule has 7 heteroatoms. The lowest BCUT2D eigenvalue weighted by Crippen LogP contribution is -2.48. The Morgan fingerprint density at radius 1 is 1.10 bits per heavy atom. The van der Waals surface area contributed by atoms with Crippen molar-refractivity contribution in [3.05, 3.63) is 59.7 Å². The molecule has 0 spiro atoms. The van der Waals surface area contributed by atoms with Gasteiger partial charge in [-0.3, -0.25) is 9.10 Å². The SMILES string of the molecule is Cc1ccc(N([C@@H](C)C(=O)NCCCc2cccc(OC(C)C)c2)S(C)(=O)=O)cc1. The van der Waals surface area contributed by atoms with Crippen molar-refractivity contribution in [2.24, 2.45) is 0 Å². The number of aryl methyl sites for hydroxylation is 2. The van der Waals surface area contributed by atoms with Crippen molar-refractivity contribution in [3.8, 4) is 5.75 Å². The van der Waals surface area contributed by atoms with Crippen LogP contribution in [0.2, 0.25) is 0 Å². The maximum atomic E-state index is 12.6. The van der Waals surface area contributed by atoms with Gasteiger partial charge in [-0.25, -0.2) is 8.42 Å². The third-order valence-corrected chi connectivity index (χ3v) is 5.83. The van der Waals surface area contributed by atoms with E-state index in [4.69, 9.17) is 4.74 Å². The number of hydrogen-bond donors (Lipinski definition) is 1. The van der Waals surface area contributed by atoms with Gasteiger partial charge in [0, 0.05) is 6.54 Å². The molecule has 0 saturated carbocycles. The molecule has 0 bridgehead atoms. The minimum Gasteiger partial charge on any atom is -0.491 e. The monoisotopic (exact) mass is 432 g/mol. The van der Waals surface area contributed by atoms with E-state index in [9.17, 15) is 13.2 Å². The van der Waals surface area contributed by atoms with Crippen molar-refractivity contribution in [2.45, 2.75) is 52.7 Å². The van der Waals surface area contributed by atoms with Gasteiger partial charge in [-0.1, -0.05) is 29.8 Å². The minimum absolute atomic E-state index is 0.118. The van der Waals surface area contributed by atoms with Crippen molar-refractivity contribution in [3.63, 3.8) is 0 Å². The molecule has 1 amide bonds. The number of nitrogens with zero attached hydrogens (tertiary/aromatic N) is 1. The summed E-state index contributed by atoms with van der Waals surface area (Å²) >= 11 is 0. The summed E-state index contributed by atoms with van der Waals surface area (Å²) in [6, 6.07) is 14.2. The van der Waals surface area contributed by atoms with Crippen LogP contribution in [0.1, 0.15) is 38.3 Å². The first kappa shape index (κ1) is 23.7. The molecule has 1 N–H and O–H groups in total. The molecule has 2 aromatic rings. The lowest BCUT2D eigenvalue weighted by atomic mass is 10.1. The first-order valence-corrected chi connectivity index (χ1v) is 12.0. The number of anilines is 1. The lowest BCUT2D eigenvalue weighted by molar-refractivity contribution is -0.121. The third-order valence-electron chi connectivity index (χ3n) is 4.59. The van der Waals surface area contributed by atoms with E-state index in [1.165, 1.54) is 0 Å². The Morgan fingerprint density at radius 2 is 1.77 bits per heavy atom. The van der Waals surface area contributed by atoms with E-state index in [2.05, 4.69) is 5.32 Å². The number of rotatable bonds is 10. The van der Waals surface area contributed by atoms with Crippen molar-refractivity contribution < 1.29 is 17.9 Å². The fourth-order valence-corrected chi connectivity index (χ4v) is 4.37. The molecular weight excluding hydrogens is 400 g/mol. The van der Waals surface area contributed by atoms with Crippen LogP contribution in [-0.4, -0.2) is 39.3 Å². The second-order valence-electron chi connectivity index (χ2n) is 7.78. The number of amides is 1. The standard InChI is InChI=1S/C23H32N2O4S/c1-17(2)29-22-10-6-8-20(16-22)9-7-15-24-23(26)19(4)25(30(5,27)28)21-13-11-18(3)12-14-21/h6,8,10-14,16-17,19H,7,9,15H2,1-5H3,(H,24,26)/t19-/m0/s1. The molecule has 30 heavy (non-hydrogen) atoms. The van der Waals surface area contributed by atoms with Crippen LogP contribution in [0.5, 0.6) is 5.75 Å². The van der Waals surface area contributed by atoms with Crippen LogP contribution in [0.4, 0.5) is 5.69 Å². The van der Waals surface area contributed by atoms with Gasteiger partial charge in [0.2, 0.25) is 15.9 Å². The minimum atomic E-state index is -3.60. The molecule has 0 radical (unpaired) electrons. The number of nitrogens with one attached hydrogen (secondary N) is 1. The van der Waals surface area contributed by atoms with Gasteiger partial charge in [0.05, 0.1) is 18.0 Å². The molecule has 0 aromatic heterocycles. The highest BCUT2D eigenvalue weighted by Gasteiger charge is 2.28. The molecule has 0 saturated heterocycles. The number of sulfonamides is 1. The summed E-state index contributed by atoms with van der Waals surface area (Å²) in [7, 11) is -3.60. The highest BCUT2D eigenvalue weighted by molar-refractivity contribution is 7.92. The summed E-state index contributed by atoms with van der Waals surface area (Å²) in [6.07, 6.45) is 2.76. The van der Waals surface area contributed by atoms with E-state index in [1.54, 1.807) is 19.1 Å². The molecule has 0 aliphatic carbocycles. The maximum absolute atomic E-state index is 12.6. The van der Waals surface area contributed by atoms with E-state index in [1.807, 2.05) is 57.2 Å². The predicted octanol–water partition coefficient (Wildman–Crippen LogP) is 3.69. The second-order valence-corrected chi connectivity index (χ2v) is 9.64. The maximum Gasteiger partial charge on any atom is 0.243 e. The summed E-state index contributed by atoms with van der Waals surface area (Å²) in [5.41, 5.74) is 2.63. The zero-order valence-corrected chi connectivity index (χ0v) is 19.2. The highest BCUT2D eigenvalue weighted by Crippen LogP contribution is 2.21. The van der Waals surface area contributed by atoms with E-state index in [0.717, 1.165) is 40.3 Å². The van der Waals surface area contributed by atoms with Gasteiger partial charge in [-0.2, -0.15) is 0 Å². The average molecular weight is 433 g/mol. The molecule has 1 atom stereocenters. The Labute approximate surface area is 180 Å². The lowest BCUT2D eigenvalue weighted by Gasteiger charge is -2.28. The molecule has 0 aliphatic rings. The van der Waals surface area contributed by atoms with E-state index < -0.39 is 16.1 Å². The predicted molar refractivity (Wildman–Crippen MR) is 122 cm³/mol. The van der Waals surface area contributed by atoms with E-state index >= 15 is 0 Å². The molecular formula is C23H32N2O4S. The van der Waals surface area contributed by atoms with Gasteiger partial charge >= 0.3 is 0 Å². The average Bonchev–Trinajstić information content (AvgIpc) is 2.65. The summed E-state index contributed by atoms with van der Waals surface area (Å²) < 4.78 is 31.5. The first-order chi connectivity index (χ1) is 14.1. The van der Waals surface area contributed by atoms with Gasteiger partial charge in [-0.15, -0.1) is 0 Å². The number of carbonyl (C=O) groups excluding carboxylic acids is 1. The normalized spacial score (nSPS) is 12.5. The Morgan fingerprint density at radius 3 is 2.37 bits per heavy atom. The zero-order valence-electron chi connectivity index (χ0n) is 18.4. The number of ether oxygens (including phenoxy) is 1. The highest BCUT2D eigenvalue weighted by atomic mass is 32.2. The van der Waals surface area contributed by atoms with Crippen LogP contribution in [0.15, 0.2) is 48.5 Å². The van der Waals surface area contributed by atoms with Gasteiger partial charge in [0.1, 0.15) is 11.8 Å². The summed E-state index contributed by atoms with van der Waals surface area (Å²) in [5, 5.41) is 2.86. The smallest absolute Gasteiger partial charge is 0.243 e. The molecule has 164 valence electrons. The Hall–Kier alpha value is -2.54. The van der Waals surface area contributed by atoms with Gasteiger partial charge in [0.15, 0.2) is 0 Å². The molecule has 2 aromatic carbocycles. The fraction of sp³-hybridized carbons (Fsp3) is 0.435. The van der Waals surface area contributed by atoms with Crippen molar-refractivity contribution in [1.82, 2.24) is 5.32 Å². The summed E-state index contributed by atoms with van der Waals surface area (Å²) in [6.45, 7) is 7.96. The number of benzene rings is 2. The van der Waals surface area contributed by atoms with Gasteiger partial charge in [0.25, 0.3) is 0 Å². The van der Waals surface area contributed by atoms with Crippen molar-refractivity contribution >= 4 is 21.6 Å². The van der Waals surface area contributed by atoms with Crippen LogP contribution in [0, 0.1) is 6.92 Å². The first-order valence-electron chi connectivity index (χ1n) is 10.2. The number of hydrogen-bond acceptors (Lipinski definition) is 4. The molecule has 0 unspecified atom stereocenters. The molecule has 0 fully saturated rings. The Kier molecular flexibility index (Phi) is 8.29.